The third-order valence-corrected chi connectivity index (χ3v) is 2.98. The minimum absolute atomic E-state index is 0.179. The van der Waals surface area contributed by atoms with Gasteiger partial charge in [0.2, 0.25) is 0 Å². The Bertz CT molecular complexity index is 460. The smallest absolute Gasteiger partial charge is 0.335 e. The van der Waals surface area contributed by atoms with Gasteiger partial charge >= 0.3 is 21.6 Å². The molecule has 19 heavy (non-hydrogen) atoms. The molecule has 0 N–H and O–H groups in total. The summed E-state index contributed by atoms with van der Waals surface area (Å²) in [5.41, 5.74) is -5.79. The summed E-state index contributed by atoms with van der Waals surface area (Å²) in [5, 5.41) is 0. The number of halogens is 3. The van der Waals surface area contributed by atoms with Crippen LogP contribution in [0.2, 0.25) is 0 Å². The van der Waals surface area contributed by atoms with Crippen LogP contribution < -0.4 is 0 Å². The second-order valence-electron chi connectivity index (χ2n) is 4.96. The third-order valence-electron chi connectivity index (χ3n) is 2.04. The fraction of sp³-hybridized carbons (Fsp3) is 0.700. The number of quaternary nitrogens is 1. The molecule has 0 aliphatic carbocycles. The minimum Gasteiger partial charge on any atom is -0.335 e. The topological polar surface area (TPSA) is 60.4 Å². The van der Waals surface area contributed by atoms with Gasteiger partial charge in [-0.1, -0.05) is 6.08 Å². The van der Waals surface area contributed by atoms with E-state index in [0.717, 1.165) is 0 Å². The molecule has 0 aromatic carbocycles. The Morgan fingerprint density at radius 1 is 1.26 bits per heavy atom. The summed E-state index contributed by atoms with van der Waals surface area (Å²) in [7, 11) is -0.194. The van der Waals surface area contributed by atoms with Crippen LogP contribution in [0.1, 0.15) is 13.3 Å². The summed E-state index contributed by atoms with van der Waals surface area (Å²) in [6.45, 7) is 1.83. The highest BCUT2D eigenvalue weighted by atomic mass is 32.2. The minimum atomic E-state index is -5.89. The molecule has 0 aromatic heterocycles. The van der Waals surface area contributed by atoms with Crippen LogP contribution in [-0.4, -0.2) is 52.1 Å². The van der Waals surface area contributed by atoms with Crippen LogP contribution in [0.4, 0.5) is 13.2 Å². The maximum absolute atomic E-state index is 12.0. The van der Waals surface area contributed by atoms with E-state index < -0.39 is 21.6 Å². The monoisotopic (exact) mass is 304 g/mol. The summed E-state index contributed by atoms with van der Waals surface area (Å²) < 4.78 is 61.2. The molecule has 0 radical (unpaired) electrons. The van der Waals surface area contributed by atoms with Gasteiger partial charge in [-0.25, -0.2) is 4.79 Å². The first kappa shape index (κ1) is 17.9. The molecule has 0 spiro atoms. The SMILES string of the molecule is CC(=CCC[N+](C)(C)C)C(=O)OS(=O)(=O)C(F)(F)F. The standard InChI is InChI=1S/C10H17F3NO4S/c1-8(6-5-7-14(2,3)4)9(15)18-19(16,17)10(11,12)13/h6H,5,7H2,1-4H3/q+1. The molecule has 5 nitrogen and oxygen atoms in total. The normalized spacial score (nSPS) is 14.4. The summed E-state index contributed by atoms with van der Waals surface area (Å²) in [4.78, 5) is 11.2. The number of carbonyl (C=O) groups is 1. The quantitative estimate of drug-likeness (QED) is 0.333. The number of hydrogen-bond donors (Lipinski definition) is 0. The molecule has 0 rings (SSSR count). The van der Waals surface area contributed by atoms with Crippen LogP contribution in [0, 0.1) is 0 Å². The van der Waals surface area contributed by atoms with Crippen molar-refractivity contribution in [1.82, 2.24) is 0 Å². The first-order chi connectivity index (χ1) is 8.26. The van der Waals surface area contributed by atoms with E-state index in [1.807, 2.05) is 21.1 Å². The van der Waals surface area contributed by atoms with Crippen LogP contribution in [0.5, 0.6) is 0 Å². The number of rotatable bonds is 5. The maximum atomic E-state index is 12.0. The van der Waals surface area contributed by atoms with E-state index in [-0.39, 0.29) is 5.57 Å². The van der Waals surface area contributed by atoms with Gasteiger partial charge in [0, 0.05) is 12.0 Å². The van der Waals surface area contributed by atoms with Gasteiger partial charge in [0.05, 0.1) is 27.7 Å². The molecule has 0 unspecified atom stereocenters. The molecule has 0 aliphatic rings. The lowest BCUT2D eigenvalue weighted by atomic mass is 10.2. The van der Waals surface area contributed by atoms with Crippen molar-refractivity contribution in [3.8, 4) is 0 Å². The molecule has 0 bridgehead atoms. The molecule has 0 fully saturated rings. The largest absolute Gasteiger partial charge is 0.534 e. The highest BCUT2D eigenvalue weighted by Crippen LogP contribution is 2.25. The average Bonchev–Trinajstić information content (AvgIpc) is 2.12. The van der Waals surface area contributed by atoms with Gasteiger partial charge in [-0.15, -0.1) is 0 Å². The molecule has 0 heterocycles. The van der Waals surface area contributed by atoms with Crippen molar-refractivity contribution in [1.29, 1.82) is 0 Å². The molecule has 0 aromatic rings. The van der Waals surface area contributed by atoms with Crippen molar-refractivity contribution in [3.05, 3.63) is 11.6 Å². The van der Waals surface area contributed by atoms with Gasteiger partial charge in [-0.05, 0) is 6.92 Å². The molecule has 9 heteroatoms. The molecule has 0 amide bonds. The predicted octanol–water partition coefficient (Wildman–Crippen LogP) is 1.42. The van der Waals surface area contributed by atoms with E-state index in [2.05, 4.69) is 4.18 Å². The van der Waals surface area contributed by atoms with Crippen molar-refractivity contribution >= 4 is 16.1 Å². The lowest BCUT2D eigenvalue weighted by molar-refractivity contribution is -0.869. The van der Waals surface area contributed by atoms with Gasteiger partial charge in [0.25, 0.3) is 0 Å². The van der Waals surface area contributed by atoms with Crippen molar-refractivity contribution in [3.63, 3.8) is 0 Å². The number of nitrogens with zero attached hydrogens (tertiary/aromatic N) is 1. The van der Waals surface area contributed by atoms with Gasteiger partial charge in [-0.3, -0.25) is 0 Å². The highest BCUT2D eigenvalue weighted by Gasteiger charge is 2.49. The van der Waals surface area contributed by atoms with Crippen molar-refractivity contribution in [2.24, 2.45) is 0 Å². The van der Waals surface area contributed by atoms with E-state index in [1.165, 1.54) is 13.0 Å². The molecule has 112 valence electrons. The second-order valence-corrected chi connectivity index (χ2v) is 6.50. The Hall–Kier alpha value is -1.09. The Balaban J connectivity index is 4.65. The van der Waals surface area contributed by atoms with E-state index in [4.69, 9.17) is 0 Å². The van der Waals surface area contributed by atoms with Crippen LogP contribution in [-0.2, 0) is 19.1 Å². The first-order valence-corrected chi connectivity index (χ1v) is 6.69. The van der Waals surface area contributed by atoms with E-state index >= 15 is 0 Å². The van der Waals surface area contributed by atoms with Gasteiger partial charge in [0.1, 0.15) is 0 Å². The van der Waals surface area contributed by atoms with Crippen LogP contribution in [0.3, 0.4) is 0 Å². The molecule has 0 aliphatic heterocycles. The Kier molecular flexibility index (Phi) is 5.57. The highest BCUT2D eigenvalue weighted by molar-refractivity contribution is 7.88. The summed E-state index contributed by atoms with van der Waals surface area (Å²) in [6, 6.07) is 0. The zero-order valence-electron chi connectivity index (χ0n) is 11.1. The number of alkyl halides is 3. The lowest BCUT2D eigenvalue weighted by Crippen LogP contribution is -2.35. The Morgan fingerprint density at radius 3 is 2.11 bits per heavy atom. The third kappa shape index (κ3) is 6.58. The van der Waals surface area contributed by atoms with Gasteiger partial charge < -0.3 is 8.67 Å². The van der Waals surface area contributed by atoms with Crippen LogP contribution in [0.25, 0.3) is 0 Å². The first-order valence-electron chi connectivity index (χ1n) is 5.28. The fourth-order valence-electron chi connectivity index (χ4n) is 0.964. The molecule has 0 saturated carbocycles. The Morgan fingerprint density at radius 2 is 1.74 bits per heavy atom. The van der Waals surface area contributed by atoms with Gasteiger partial charge in [-0.2, -0.15) is 21.6 Å². The summed E-state index contributed by atoms with van der Waals surface area (Å²) in [5.74, 6) is -1.52. The zero-order valence-corrected chi connectivity index (χ0v) is 11.9. The van der Waals surface area contributed by atoms with E-state index in [1.54, 1.807) is 0 Å². The van der Waals surface area contributed by atoms with E-state index in [0.29, 0.717) is 17.4 Å². The van der Waals surface area contributed by atoms with Gasteiger partial charge in [0.15, 0.2) is 0 Å². The lowest BCUT2D eigenvalue weighted by Gasteiger charge is -2.22. The van der Waals surface area contributed by atoms with Crippen molar-refractivity contribution in [2.45, 2.75) is 18.9 Å². The number of carbonyl (C=O) groups excluding carboxylic acids is 1. The number of hydrogen-bond acceptors (Lipinski definition) is 4. The van der Waals surface area contributed by atoms with E-state index in [9.17, 15) is 26.4 Å². The van der Waals surface area contributed by atoms with Crippen molar-refractivity contribution < 1.29 is 35.0 Å². The molecular weight excluding hydrogens is 287 g/mol. The summed E-state index contributed by atoms with van der Waals surface area (Å²) in [6.07, 6.45) is 1.76. The zero-order chi connectivity index (χ0) is 15.5. The average molecular weight is 304 g/mol. The van der Waals surface area contributed by atoms with Crippen LogP contribution in [0.15, 0.2) is 11.6 Å². The predicted molar refractivity (Wildman–Crippen MR) is 62.3 cm³/mol. The van der Waals surface area contributed by atoms with Crippen LogP contribution >= 0.6 is 0 Å². The Labute approximate surface area is 110 Å². The fourth-order valence-corrected chi connectivity index (χ4v) is 1.39. The second kappa shape index (κ2) is 5.91. The molecule has 0 atom stereocenters. The maximum Gasteiger partial charge on any atom is 0.534 e. The molecular formula is C10H17F3NO4S+. The summed E-state index contributed by atoms with van der Waals surface area (Å²) >= 11 is 0. The van der Waals surface area contributed by atoms with Crippen molar-refractivity contribution in [2.75, 3.05) is 27.7 Å². The molecule has 0 saturated heterocycles.